The van der Waals surface area contributed by atoms with Crippen LogP contribution in [0.3, 0.4) is 0 Å². The van der Waals surface area contributed by atoms with E-state index >= 15 is 0 Å². The van der Waals surface area contributed by atoms with E-state index in [0.717, 1.165) is 83.5 Å². The minimum atomic E-state index is -0.773. The molecule has 0 saturated carbocycles. The Kier molecular flexibility index (Phi) is 62.6. The maximum absolute atomic E-state index is 12.9. The average molecular weight is 1060 g/mol. The number of esters is 3. The molecular weight excluding hydrogens is 925 g/mol. The van der Waals surface area contributed by atoms with Gasteiger partial charge in [-0.3, -0.25) is 14.4 Å². The first kappa shape index (κ1) is 72.9. The standard InChI is InChI=1S/C69H130O6/c1-4-7-10-13-16-19-22-25-27-29-31-32-33-34-35-36-38-39-41-44-47-50-53-56-59-62-68(71)74-65-66(64-73-67(70)61-58-55-52-49-46-43-24-21-18-15-12-9-6-3)75-69(72)63-60-57-54-51-48-45-42-40-37-30-28-26-23-20-17-14-11-8-5-2/h12,15,21,24,66H,4-11,13-14,16-20,22-23,25-65H2,1-3H3/b15-12-,24-21-. The molecular formula is C69H130O6. The average Bonchev–Trinajstić information content (AvgIpc) is 3.41. The number of rotatable bonds is 63. The lowest BCUT2D eigenvalue weighted by molar-refractivity contribution is -0.167. The molecule has 0 aromatic carbocycles. The molecule has 6 heteroatoms. The van der Waals surface area contributed by atoms with Crippen molar-refractivity contribution in [3.63, 3.8) is 0 Å². The van der Waals surface area contributed by atoms with Crippen LogP contribution in [0, 0.1) is 0 Å². The Bertz CT molecular complexity index is 1210. The van der Waals surface area contributed by atoms with Crippen LogP contribution in [0.15, 0.2) is 24.3 Å². The molecule has 442 valence electrons. The molecule has 0 N–H and O–H groups in total. The molecule has 0 aromatic heterocycles. The van der Waals surface area contributed by atoms with Crippen molar-refractivity contribution < 1.29 is 28.6 Å². The van der Waals surface area contributed by atoms with Crippen molar-refractivity contribution in [3.05, 3.63) is 24.3 Å². The summed E-state index contributed by atoms with van der Waals surface area (Å²) >= 11 is 0. The van der Waals surface area contributed by atoms with Gasteiger partial charge in [-0.05, 0) is 44.9 Å². The lowest BCUT2D eigenvalue weighted by Gasteiger charge is -2.18. The summed E-state index contributed by atoms with van der Waals surface area (Å²) in [6.07, 6.45) is 77.8. The van der Waals surface area contributed by atoms with E-state index in [2.05, 4.69) is 45.1 Å². The third kappa shape index (κ3) is 62.6. The Morgan fingerprint density at radius 3 is 0.787 bits per heavy atom. The summed E-state index contributed by atoms with van der Waals surface area (Å²) in [4.78, 5) is 38.3. The molecule has 0 aliphatic rings. The number of hydrogen-bond donors (Lipinski definition) is 0. The van der Waals surface area contributed by atoms with Gasteiger partial charge in [-0.15, -0.1) is 0 Å². The van der Waals surface area contributed by atoms with E-state index in [1.54, 1.807) is 0 Å². The van der Waals surface area contributed by atoms with E-state index in [9.17, 15) is 14.4 Å². The van der Waals surface area contributed by atoms with Crippen molar-refractivity contribution in [1.29, 1.82) is 0 Å². The molecule has 1 unspecified atom stereocenters. The van der Waals surface area contributed by atoms with Gasteiger partial charge in [0.25, 0.3) is 0 Å². The Hall–Kier alpha value is -2.11. The fourth-order valence-corrected chi connectivity index (χ4v) is 10.4. The minimum Gasteiger partial charge on any atom is -0.462 e. The molecule has 0 saturated heterocycles. The Morgan fingerprint density at radius 2 is 0.507 bits per heavy atom. The number of ether oxygens (including phenoxy) is 3. The van der Waals surface area contributed by atoms with Crippen LogP contribution in [0.2, 0.25) is 0 Å². The van der Waals surface area contributed by atoms with Gasteiger partial charge < -0.3 is 14.2 Å². The zero-order chi connectivity index (χ0) is 54.3. The highest BCUT2D eigenvalue weighted by Gasteiger charge is 2.19. The number of hydrogen-bond acceptors (Lipinski definition) is 6. The maximum Gasteiger partial charge on any atom is 0.306 e. The lowest BCUT2D eigenvalue weighted by Crippen LogP contribution is -2.30. The van der Waals surface area contributed by atoms with E-state index < -0.39 is 6.10 Å². The van der Waals surface area contributed by atoms with Crippen molar-refractivity contribution in [2.24, 2.45) is 0 Å². The van der Waals surface area contributed by atoms with Crippen molar-refractivity contribution in [3.8, 4) is 0 Å². The predicted molar refractivity (Wildman–Crippen MR) is 326 cm³/mol. The Morgan fingerprint density at radius 1 is 0.267 bits per heavy atom. The highest BCUT2D eigenvalue weighted by molar-refractivity contribution is 5.71. The number of allylic oxidation sites excluding steroid dienone is 4. The molecule has 0 spiro atoms. The monoisotopic (exact) mass is 1050 g/mol. The smallest absolute Gasteiger partial charge is 0.306 e. The molecule has 0 aliphatic carbocycles. The van der Waals surface area contributed by atoms with Gasteiger partial charge in [0.1, 0.15) is 13.2 Å². The summed E-state index contributed by atoms with van der Waals surface area (Å²) < 4.78 is 17.0. The summed E-state index contributed by atoms with van der Waals surface area (Å²) in [5, 5.41) is 0. The SMILES string of the molecule is CCC/C=C\C/C=C\CCCCCCCC(=O)OCC(COC(=O)CCCCCCCCCCCCCCCCCCCCCCCCCCC)OC(=O)CCCCCCCCCCCCCCCCCCCCC. The highest BCUT2D eigenvalue weighted by Crippen LogP contribution is 2.19. The second-order valence-corrected chi connectivity index (χ2v) is 23.1. The molecule has 0 amide bonds. The van der Waals surface area contributed by atoms with Gasteiger partial charge in [0, 0.05) is 19.3 Å². The normalized spacial score (nSPS) is 12.1. The molecule has 0 aromatic rings. The zero-order valence-electron chi connectivity index (χ0n) is 50.8. The van der Waals surface area contributed by atoms with Crippen LogP contribution in [0.5, 0.6) is 0 Å². The molecule has 0 aliphatic heterocycles. The Labute approximate surface area is 468 Å². The maximum atomic E-state index is 12.9. The third-order valence-electron chi connectivity index (χ3n) is 15.4. The predicted octanol–water partition coefficient (Wildman–Crippen LogP) is 23.0. The van der Waals surface area contributed by atoms with E-state index in [4.69, 9.17) is 14.2 Å². The van der Waals surface area contributed by atoms with Crippen LogP contribution in [-0.4, -0.2) is 37.2 Å². The van der Waals surface area contributed by atoms with Crippen molar-refractivity contribution in [1.82, 2.24) is 0 Å². The topological polar surface area (TPSA) is 78.9 Å². The second kappa shape index (κ2) is 64.4. The van der Waals surface area contributed by atoms with Crippen molar-refractivity contribution >= 4 is 17.9 Å². The largest absolute Gasteiger partial charge is 0.462 e. The third-order valence-corrected chi connectivity index (χ3v) is 15.4. The van der Waals surface area contributed by atoms with Gasteiger partial charge in [-0.1, -0.05) is 340 Å². The quantitative estimate of drug-likeness (QED) is 0.0261. The fraction of sp³-hybridized carbons (Fsp3) is 0.899. The van der Waals surface area contributed by atoms with Crippen LogP contribution in [0.1, 0.15) is 380 Å². The van der Waals surface area contributed by atoms with E-state index in [1.165, 1.54) is 257 Å². The van der Waals surface area contributed by atoms with E-state index in [0.29, 0.717) is 19.3 Å². The number of carbonyl (C=O) groups excluding carboxylic acids is 3. The van der Waals surface area contributed by atoms with Crippen molar-refractivity contribution in [2.75, 3.05) is 13.2 Å². The van der Waals surface area contributed by atoms with Crippen molar-refractivity contribution in [2.45, 2.75) is 386 Å². The van der Waals surface area contributed by atoms with E-state index in [-0.39, 0.29) is 31.1 Å². The molecule has 0 fully saturated rings. The summed E-state index contributed by atoms with van der Waals surface area (Å²) in [7, 11) is 0. The molecule has 1 atom stereocenters. The van der Waals surface area contributed by atoms with Crippen LogP contribution < -0.4 is 0 Å². The van der Waals surface area contributed by atoms with E-state index in [1.807, 2.05) is 0 Å². The van der Waals surface area contributed by atoms with Gasteiger partial charge in [0.2, 0.25) is 0 Å². The molecule has 6 nitrogen and oxygen atoms in total. The van der Waals surface area contributed by atoms with Crippen LogP contribution >= 0.6 is 0 Å². The Balaban J connectivity index is 4.21. The van der Waals surface area contributed by atoms with Gasteiger partial charge in [-0.2, -0.15) is 0 Å². The first-order valence-electron chi connectivity index (χ1n) is 33.8. The lowest BCUT2D eigenvalue weighted by atomic mass is 10.0. The van der Waals surface area contributed by atoms with Crippen LogP contribution in [0.4, 0.5) is 0 Å². The van der Waals surface area contributed by atoms with Gasteiger partial charge in [-0.25, -0.2) is 0 Å². The first-order valence-corrected chi connectivity index (χ1v) is 33.8. The van der Waals surface area contributed by atoms with Gasteiger partial charge in [0.15, 0.2) is 6.10 Å². The molecule has 0 heterocycles. The molecule has 75 heavy (non-hydrogen) atoms. The number of carbonyl (C=O) groups is 3. The van der Waals surface area contributed by atoms with Gasteiger partial charge in [0.05, 0.1) is 0 Å². The fourth-order valence-electron chi connectivity index (χ4n) is 10.4. The van der Waals surface area contributed by atoms with Crippen LogP contribution in [-0.2, 0) is 28.6 Å². The molecule has 0 rings (SSSR count). The molecule has 0 radical (unpaired) electrons. The van der Waals surface area contributed by atoms with Crippen LogP contribution in [0.25, 0.3) is 0 Å². The number of unbranched alkanes of at least 4 members (excludes halogenated alkanes) is 48. The summed E-state index contributed by atoms with van der Waals surface area (Å²) in [6.45, 7) is 6.64. The van der Waals surface area contributed by atoms with Gasteiger partial charge >= 0.3 is 17.9 Å². The molecule has 0 bridgehead atoms. The second-order valence-electron chi connectivity index (χ2n) is 23.1. The first-order chi connectivity index (χ1) is 37.0. The minimum absolute atomic E-state index is 0.0695. The highest BCUT2D eigenvalue weighted by atomic mass is 16.6. The summed E-state index contributed by atoms with van der Waals surface area (Å²) in [5.41, 5.74) is 0. The summed E-state index contributed by atoms with van der Waals surface area (Å²) in [6, 6.07) is 0. The summed E-state index contributed by atoms with van der Waals surface area (Å²) in [5.74, 6) is -0.854. The zero-order valence-corrected chi connectivity index (χ0v) is 50.8.